The van der Waals surface area contributed by atoms with Crippen LogP contribution < -0.4 is 10.1 Å². The molecule has 2 amide bonds. The molecule has 0 radical (unpaired) electrons. The lowest BCUT2D eigenvalue weighted by atomic mass is 10.0. The summed E-state index contributed by atoms with van der Waals surface area (Å²) < 4.78 is 5.19. The summed E-state index contributed by atoms with van der Waals surface area (Å²) in [6, 6.07) is 7.39. The third-order valence-corrected chi connectivity index (χ3v) is 4.67. The number of nitrogens with zero attached hydrogens (tertiary/aromatic N) is 2. The smallest absolute Gasteiger partial charge is 0.272 e. The van der Waals surface area contributed by atoms with Crippen LogP contribution in [0.3, 0.4) is 0 Å². The first kappa shape index (κ1) is 15.7. The van der Waals surface area contributed by atoms with Crippen molar-refractivity contribution in [3.63, 3.8) is 0 Å². The lowest BCUT2D eigenvalue weighted by Crippen LogP contribution is -2.37. The van der Waals surface area contributed by atoms with Crippen molar-refractivity contribution in [3.8, 4) is 5.75 Å². The molecule has 1 fully saturated rings. The van der Waals surface area contributed by atoms with Gasteiger partial charge in [-0.25, -0.2) is 0 Å². The van der Waals surface area contributed by atoms with Crippen molar-refractivity contribution < 1.29 is 14.3 Å². The summed E-state index contributed by atoms with van der Waals surface area (Å²) in [4.78, 5) is 26.9. The molecule has 0 atom stereocenters. The van der Waals surface area contributed by atoms with Gasteiger partial charge in [-0.15, -0.1) is 0 Å². The van der Waals surface area contributed by atoms with Crippen molar-refractivity contribution in [1.29, 1.82) is 0 Å². The van der Waals surface area contributed by atoms with Crippen molar-refractivity contribution in [3.05, 3.63) is 46.8 Å². The number of amides is 2. The van der Waals surface area contributed by atoms with E-state index in [2.05, 4.69) is 15.5 Å². The van der Waals surface area contributed by atoms with Gasteiger partial charge in [0, 0.05) is 35.8 Å². The molecule has 130 valence electrons. The summed E-state index contributed by atoms with van der Waals surface area (Å²) in [6.07, 6.45) is 2.71. The number of hydrogen-bond donors (Lipinski definition) is 2. The molecule has 1 aromatic heterocycles. The Bertz CT molecular complexity index is 825. The highest BCUT2D eigenvalue weighted by molar-refractivity contribution is 5.96. The number of nitrogens with one attached hydrogen (secondary N) is 2. The Labute approximate surface area is 145 Å². The average Bonchev–Trinajstić information content (AvgIpc) is 3.36. The highest BCUT2D eigenvalue weighted by atomic mass is 16.5. The van der Waals surface area contributed by atoms with Gasteiger partial charge in [-0.05, 0) is 31.0 Å². The fourth-order valence-corrected chi connectivity index (χ4v) is 3.08. The predicted molar refractivity (Wildman–Crippen MR) is 90.5 cm³/mol. The third-order valence-electron chi connectivity index (χ3n) is 4.67. The van der Waals surface area contributed by atoms with Gasteiger partial charge in [-0.1, -0.05) is 6.07 Å². The van der Waals surface area contributed by atoms with Crippen LogP contribution in [0, 0.1) is 0 Å². The van der Waals surface area contributed by atoms with E-state index in [9.17, 15) is 9.59 Å². The number of hydrogen-bond acceptors (Lipinski definition) is 4. The molecule has 1 aliphatic heterocycles. The standard InChI is InChI=1S/C18H20N4O3/c1-25-13-4-2-3-11(9-13)18(24)22-8-7-15-14(10-22)16(21-20-15)17(23)19-12-5-6-12/h2-4,9,12H,5-8,10H2,1H3,(H,19,23)(H,20,21). The van der Waals surface area contributed by atoms with Gasteiger partial charge in [-0.2, -0.15) is 5.10 Å². The molecule has 0 bridgehead atoms. The average molecular weight is 340 g/mol. The van der Waals surface area contributed by atoms with Crippen LogP contribution in [-0.4, -0.2) is 46.6 Å². The first-order valence-corrected chi connectivity index (χ1v) is 8.46. The van der Waals surface area contributed by atoms with Crippen LogP contribution in [0.5, 0.6) is 5.75 Å². The molecule has 0 spiro atoms. The number of H-pyrrole nitrogens is 1. The summed E-state index contributed by atoms with van der Waals surface area (Å²) in [7, 11) is 1.58. The van der Waals surface area contributed by atoms with E-state index in [0.29, 0.717) is 36.5 Å². The molecular weight excluding hydrogens is 320 g/mol. The first-order chi connectivity index (χ1) is 12.2. The maximum Gasteiger partial charge on any atom is 0.272 e. The van der Waals surface area contributed by atoms with Gasteiger partial charge in [0.15, 0.2) is 5.69 Å². The number of fused-ring (bicyclic) bond motifs is 1. The fourth-order valence-electron chi connectivity index (χ4n) is 3.08. The SMILES string of the molecule is COc1cccc(C(=O)N2CCc3[nH]nc(C(=O)NC4CC4)c3C2)c1. The second-order valence-electron chi connectivity index (χ2n) is 6.49. The van der Waals surface area contributed by atoms with Crippen LogP contribution in [-0.2, 0) is 13.0 Å². The fraction of sp³-hybridized carbons (Fsp3) is 0.389. The third kappa shape index (κ3) is 3.09. The van der Waals surface area contributed by atoms with E-state index in [4.69, 9.17) is 4.74 Å². The summed E-state index contributed by atoms with van der Waals surface area (Å²) >= 11 is 0. The number of benzene rings is 1. The molecule has 1 saturated carbocycles. The van der Waals surface area contributed by atoms with Crippen LogP contribution in [0.1, 0.15) is 44.9 Å². The van der Waals surface area contributed by atoms with Gasteiger partial charge in [0.25, 0.3) is 11.8 Å². The van der Waals surface area contributed by atoms with Crippen LogP contribution in [0.15, 0.2) is 24.3 Å². The van der Waals surface area contributed by atoms with Crippen molar-refractivity contribution >= 4 is 11.8 Å². The lowest BCUT2D eigenvalue weighted by Gasteiger charge is -2.27. The largest absolute Gasteiger partial charge is 0.497 e. The van der Waals surface area contributed by atoms with E-state index in [0.717, 1.165) is 24.1 Å². The zero-order valence-corrected chi connectivity index (χ0v) is 14.0. The van der Waals surface area contributed by atoms with E-state index in [1.165, 1.54) is 0 Å². The molecule has 0 unspecified atom stereocenters. The molecule has 2 aromatic rings. The summed E-state index contributed by atoms with van der Waals surface area (Å²) in [5.41, 5.74) is 2.75. The van der Waals surface area contributed by atoms with Crippen LogP contribution >= 0.6 is 0 Å². The van der Waals surface area contributed by atoms with Crippen LogP contribution in [0.4, 0.5) is 0 Å². The zero-order valence-electron chi connectivity index (χ0n) is 14.0. The number of rotatable bonds is 4. The van der Waals surface area contributed by atoms with Crippen LogP contribution in [0.2, 0.25) is 0 Å². The number of aromatic nitrogens is 2. The van der Waals surface area contributed by atoms with E-state index in [-0.39, 0.29) is 17.9 Å². The Morgan fingerprint density at radius 3 is 2.96 bits per heavy atom. The molecule has 1 aromatic carbocycles. The predicted octanol–water partition coefficient (Wildman–Crippen LogP) is 1.51. The second-order valence-corrected chi connectivity index (χ2v) is 6.49. The Balaban J connectivity index is 1.54. The van der Waals surface area contributed by atoms with Gasteiger partial charge in [0.05, 0.1) is 13.7 Å². The molecular formula is C18H20N4O3. The summed E-state index contributed by atoms with van der Waals surface area (Å²) in [5, 5.41) is 10.1. The Hall–Kier alpha value is -2.83. The summed E-state index contributed by atoms with van der Waals surface area (Å²) in [5.74, 6) is 0.423. The Morgan fingerprint density at radius 1 is 1.36 bits per heavy atom. The van der Waals surface area contributed by atoms with Gasteiger partial charge in [0.2, 0.25) is 0 Å². The number of carbonyl (C=O) groups excluding carboxylic acids is 2. The van der Waals surface area contributed by atoms with Gasteiger partial charge in [0.1, 0.15) is 5.75 Å². The molecule has 2 aliphatic rings. The normalized spacial score (nSPS) is 16.3. The van der Waals surface area contributed by atoms with Gasteiger partial charge < -0.3 is 15.0 Å². The number of carbonyl (C=O) groups is 2. The monoisotopic (exact) mass is 340 g/mol. The number of aromatic amines is 1. The minimum Gasteiger partial charge on any atom is -0.497 e. The highest BCUT2D eigenvalue weighted by Crippen LogP contribution is 2.24. The van der Waals surface area contributed by atoms with E-state index in [1.807, 2.05) is 6.07 Å². The molecule has 4 rings (SSSR count). The Kier molecular flexibility index (Phi) is 3.91. The highest BCUT2D eigenvalue weighted by Gasteiger charge is 2.31. The molecule has 2 N–H and O–H groups in total. The Morgan fingerprint density at radius 2 is 2.20 bits per heavy atom. The number of ether oxygens (including phenoxy) is 1. The summed E-state index contributed by atoms with van der Waals surface area (Å²) in [6.45, 7) is 0.976. The zero-order chi connectivity index (χ0) is 17.4. The van der Waals surface area contributed by atoms with Crippen molar-refractivity contribution in [2.45, 2.75) is 31.8 Å². The van der Waals surface area contributed by atoms with Gasteiger partial charge >= 0.3 is 0 Å². The van der Waals surface area contributed by atoms with Crippen molar-refractivity contribution in [1.82, 2.24) is 20.4 Å². The maximum absolute atomic E-state index is 12.8. The van der Waals surface area contributed by atoms with Crippen molar-refractivity contribution in [2.24, 2.45) is 0 Å². The van der Waals surface area contributed by atoms with E-state index >= 15 is 0 Å². The first-order valence-electron chi connectivity index (χ1n) is 8.46. The molecule has 2 heterocycles. The van der Waals surface area contributed by atoms with E-state index < -0.39 is 0 Å². The quantitative estimate of drug-likeness (QED) is 0.883. The topological polar surface area (TPSA) is 87.3 Å². The molecule has 0 saturated heterocycles. The lowest BCUT2D eigenvalue weighted by molar-refractivity contribution is 0.0731. The molecule has 1 aliphatic carbocycles. The molecule has 25 heavy (non-hydrogen) atoms. The minimum absolute atomic E-state index is 0.0701. The molecule has 7 heteroatoms. The molecule has 7 nitrogen and oxygen atoms in total. The van der Waals surface area contributed by atoms with Crippen LogP contribution in [0.25, 0.3) is 0 Å². The van der Waals surface area contributed by atoms with E-state index in [1.54, 1.807) is 30.2 Å². The van der Waals surface area contributed by atoms with Gasteiger partial charge in [-0.3, -0.25) is 14.7 Å². The minimum atomic E-state index is -0.157. The maximum atomic E-state index is 12.8. The second kappa shape index (κ2) is 6.23. The number of methoxy groups -OCH3 is 1. The van der Waals surface area contributed by atoms with Crippen molar-refractivity contribution in [2.75, 3.05) is 13.7 Å².